The molecule has 3 atom stereocenters. The van der Waals surface area contributed by atoms with Crippen molar-refractivity contribution in [3.05, 3.63) is 64.7 Å². The van der Waals surface area contributed by atoms with E-state index in [1.165, 1.54) is 18.4 Å². The Hall–Kier alpha value is -2.04. The molecule has 1 amide bonds. The molecule has 146 valence electrons. The highest BCUT2D eigenvalue weighted by Crippen LogP contribution is 2.47. The molecule has 4 fully saturated rings. The number of methoxy groups -OCH3 is 1. The van der Waals surface area contributed by atoms with E-state index in [9.17, 15) is 4.79 Å². The van der Waals surface area contributed by atoms with Crippen LogP contribution < -0.4 is 4.74 Å². The van der Waals surface area contributed by atoms with Crippen molar-refractivity contribution in [1.29, 1.82) is 0 Å². The number of fused-ring (bicyclic) bond motifs is 2. The van der Waals surface area contributed by atoms with Crippen LogP contribution >= 0.6 is 11.6 Å². The second-order valence-corrected chi connectivity index (χ2v) is 8.58. The van der Waals surface area contributed by atoms with E-state index in [0.29, 0.717) is 28.5 Å². The van der Waals surface area contributed by atoms with E-state index < -0.39 is 0 Å². The fourth-order valence-corrected chi connectivity index (χ4v) is 5.80. The molecule has 0 aliphatic carbocycles. The number of carbonyl (C=O) groups excluding carboxylic acids is 1. The van der Waals surface area contributed by atoms with Crippen molar-refractivity contribution in [2.75, 3.05) is 26.7 Å². The van der Waals surface area contributed by atoms with E-state index in [1.54, 1.807) is 13.2 Å². The van der Waals surface area contributed by atoms with E-state index >= 15 is 0 Å². The van der Waals surface area contributed by atoms with Crippen LogP contribution in [-0.2, 0) is 0 Å². The average molecular weight is 397 g/mol. The summed E-state index contributed by atoms with van der Waals surface area (Å²) in [7, 11) is 1.69. The monoisotopic (exact) mass is 396 g/mol. The van der Waals surface area contributed by atoms with Gasteiger partial charge in [-0.3, -0.25) is 9.69 Å². The molecule has 5 heteroatoms. The van der Waals surface area contributed by atoms with Gasteiger partial charge in [0.05, 0.1) is 23.7 Å². The van der Waals surface area contributed by atoms with Crippen molar-refractivity contribution in [1.82, 2.24) is 9.80 Å². The van der Waals surface area contributed by atoms with Gasteiger partial charge >= 0.3 is 0 Å². The quantitative estimate of drug-likeness (QED) is 0.784. The van der Waals surface area contributed by atoms with Gasteiger partial charge in [0.15, 0.2) is 0 Å². The van der Waals surface area contributed by atoms with Crippen molar-refractivity contribution in [3.63, 3.8) is 0 Å². The van der Waals surface area contributed by atoms with E-state index in [4.69, 9.17) is 16.3 Å². The Morgan fingerprint density at radius 2 is 1.75 bits per heavy atom. The molecule has 4 aliphatic heterocycles. The Morgan fingerprint density at radius 3 is 2.43 bits per heavy atom. The molecule has 2 aromatic carbocycles. The molecule has 0 unspecified atom stereocenters. The number of rotatable bonds is 3. The minimum Gasteiger partial charge on any atom is -0.497 e. The lowest BCUT2D eigenvalue weighted by Crippen LogP contribution is -2.60. The normalized spacial score (nSPS) is 30.9. The zero-order valence-electron chi connectivity index (χ0n) is 16.1. The Balaban J connectivity index is 1.52. The summed E-state index contributed by atoms with van der Waals surface area (Å²) in [5.74, 6) is 1.85. The maximum Gasteiger partial charge on any atom is 0.255 e. The topological polar surface area (TPSA) is 32.8 Å². The fraction of sp³-hybridized carbons (Fsp3) is 0.435. The van der Waals surface area contributed by atoms with Gasteiger partial charge < -0.3 is 9.64 Å². The second kappa shape index (κ2) is 7.09. The zero-order valence-corrected chi connectivity index (χ0v) is 16.8. The summed E-state index contributed by atoms with van der Waals surface area (Å²) >= 11 is 6.37. The highest BCUT2D eigenvalue weighted by Gasteiger charge is 2.54. The third-order valence-corrected chi connectivity index (χ3v) is 7.23. The maximum absolute atomic E-state index is 13.5. The van der Waals surface area contributed by atoms with Gasteiger partial charge in [0.25, 0.3) is 5.91 Å². The van der Waals surface area contributed by atoms with Gasteiger partial charge in [-0.15, -0.1) is 0 Å². The highest BCUT2D eigenvalue weighted by molar-refractivity contribution is 6.33. The standard InChI is InChI=1S/C23H25ClN2O2/c1-28-17-8-6-15(7-9-17)19-14-26(23(27)18-4-2-3-5-20(18)24)21-16-10-12-25(13-11-16)22(19)21/h2-9,16,19,21-22H,10-14H2,1H3/t19-,21+,22+/m0/s1. The van der Waals surface area contributed by atoms with E-state index in [0.717, 1.165) is 25.4 Å². The number of benzene rings is 2. The average Bonchev–Trinajstić information content (AvgIpc) is 3.17. The number of ether oxygens (including phenoxy) is 1. The Bertz CT molecular complexity index is 876. The summed E-state index contributed by atoms with van der Waals surface area (Å²) in [4.78, 5) is 18.2. The van der Waals surface area contributed by atoms with E-state index in [-0.39, 0.29) is 11.9 Å². The van der Waals surface area contributed by atoms with Crippen LogP contribution in [0.5, 0.6) is 5.75 Å². The van der Waals surface area contributed by atoms with Gasteiger partial charge in [-0.2, -0.15) is 0 Å². The van der Waals surface area contributed by atoms with Crippen LogP contribution in [0.2, 0.25) is 5.02 Å². The molecule has 28 heavy (non-hydrogen) atoms. The SMILES string of the molecule is COc1ccc([C@@H]2CN(C(=O)c3ccccc3Cl)[C@@H]3C4CCN(CC4)[C@@H]32)cc1. The molecule has 0 N–H and O–H groups in total. The predicted octanol–water partition coefficient (Wildman–Crippen LogP) is 4.05. The summed E-state index contributed by atoms with van der Waals surface area (Å²) in [5, 5.41) is 0.540. The molecule has 4 heterocycles. The van der Waals surface area contributed by atoms with E-state index in [2.05, 4.69) is 21.9 Å². The van der Waals surface area contributed by atoms with Gasteiger partial charge in [-0.05, 0) is 61.7 Å². The number of hydrogen-bond donors (Lipinski definition) is 0. The van der Waals surface area contributed by atoms with Crippen LogP contribution in [0, 0.1) is 5.92 Å². The summed E-state index contributed by atoms with van der Waals surface area (Å²) < 4.78 is 5.33. The molecule has 2 bridgehead atoms. The molecule has 4 nitrogen and oxygen atoms in total. The molecule has 0 aromatic heterocycles. The minimum absolute atomic E-state index is 0.0744. The van der Waals surface area contributed by atoms with Gasteiger partial charge in [0.2, 0.25) is 0 Å². The van der Waals surface area contributed by atoms with Crippen LogP contribution in [0.4, 0.5) is 0 Å². The van der Waals surface area contributed by atoms with Gasteiger partial charge in [-0.1, -0.05) is 35.9 Å². The molecule has 4 aliphatic rings. The van der Waals surface area contributed by atoms with Crippen molar-refractivity contribution in [2.45, 2.75) is 30.8 Å². The van der Waals surface area contributed by atoms with Crippen LogP contribution in [0.3, 0.4) is 0 Å². The summed E-state index contributed by atoms with van der Waals surface area (Å²) in [6.07, 6.45) is 2.37. The zero-order chi connectivity index (χ0) is 19.3. The Labute approximate surface area is 171 Å². The lowest BCUT2D eigenvalue weighted by atomic mass is 9.75. The largest absolute Gasteiger partial charge is 0.497 e. The highest BCUT2D eigenvalue weighted by atomic mass is 35.5. The molecule has 0 saturated carbocycles. The van der Waals surface area contributed by atoms with Crippen molar-refractivity contribution in [3.8, 4) is 5.75 Å². The van der Waals surface area contributed by atoms with Crippen LogP contribution in [0.25, 0.3) is 0 Å². The number of hydrogen-bond acceptors (Lipinski definition) is 3. The first-order valence-corrected chi connectivity index (χ1v) is 10.5. The van der Waals surface area contributed by atoms with Gasteiger partial charge in [-0.25, -0.2) is 0 Å². The molecular weight excluding hydrogens is 372 g/mol. The van der Waals surface area contributed by atoms with Crippen molar-refractivity contribution in [2.24, 2.45) is 5.92 Å². The van der Waals surface area contributed by atoms with Gasteiger partial charge in [0.1, 0.15) is 5.75 Å². The summed E-state index contributed by atoms with van der Waals surface area (Å²) in [6.45, 7) is 3.04. The number of amides is 1. The number of carbonyl (C=O) groups is 1. The first kappa shape index (κ1) is 18.0. The molecule has 6 rings (SSSR count). The smallest absolute Gasteiger partial charge is 0.255 e. The minimum atomic E-state index is 0.0744. The predicted molar refractivity (Wildman–Crippen MR) is 110 cm³/mol. The number of likely N-dealkylation sites (tertiary alicyclic amines) is 1. The summed E-state index contributed by atoms with van der Waals surface area (Å²) in [5.41, 5.74) is 1.91. The van der Waals surface area contributed by atoms with Crippen molar-refractivity contribution >= 4 is 17.5 Å². The number of nitrogens with zero attached hydrogens (tertiary/aromatic N) is 2. The molecule has 0 spiro atoms. The maximum atomic E-state index is 13.5. The lowest BCUT2D eigenvalue weighted by molar-refractivity contribution is -0.00340. The van der Waals surface area contributed by atoms with Crippen molar-refractivity contribution < 1.29 is 9.53 Å². The first-order chi connectivity index (χ1) is 13.7. The first-order valence-electron chi connectivity index (χ1n) is 10.1. The third kappa shape index (κ3) is 2.82. The molecule has 2 aromatic rings. The number of piperidine rings is 3. The van der Waals surface area contributed by atoms with Crippen LogP contribution in [0.1, 0.15) is 34.7 Å². The van der Waals surface area contributed by atoms with E-state index in [1.807, 2.05) is 30.3 Å². The van der Waals surface area contributed by atoms with Crippen LogP contribution in [0.15, 0.2) is 48.5 Å². The lowest BCUT2D eigenvalue weighted by Gasteiger charge is -2.51. The Kier molecular flexibility index (Phi) is 4.56. The second-order valence-electron chi connectivity index (χ2n) is 8.17. The molecule has 0 radical (unpaired) electrons. The number of halogens is 1. The fourth-order valence-electron chi connectivity index (χ4n) is 5.59. The third-order valence-electron chi connectivity index (χ3n) is 6.90. The summed E-state index contributed by atoms with van der Waals surface area (Å²) in [6, 6.07) is 16.5. The van der Waals surface area contributed by atoms with Crippen LogP contribution in [-0.4, -0.2) is 54.5 Å². The van der Waals surface area contributed by atoms with Gasteiger partial charge in [0, 0.05) is 18.5 Å². The molecular formula is C23H25ClN2O2. The Morgan fingerprint density at radius 1 is 1.04 bits per heavy atom. The molecule has 4 saturated heterocycles.